The minimum Gasteiger partial charge on any atom is -0.476 e. The Morgan fingerprint density at radius 1 is 1.36 bits per heavy atom. The second kappa shape index (κ2) is 3.51. The van der Waals surface area contributed by atoms with E-state index in [0.717, 1.165) is 6.42 Å². The number of rotatable bonds is 4. The number of aliphatic carboxylic acids is 1. The number of carboxylic acids is 1. The first-order valence-electron chi connectivity index (χ1n) is 3.96. The molecule has 0 aliphatic heterocycles. The van der Waals surface area contributed by atoms with Crippen LogP contribution >= 0.6 is 0 Å². The van der Waals surface area contributed by atoms with Crippen LogP contribution in [0.1, 0.15) is 32.1 Å². The molecule has 0 saturated heterocycles. The van der Waals surface area contributed by atoms with E-state index in [1.807, 2.05) is 0 Å². The average molecular weight is 156 g/mol. The van der Waals surface area contributed by atoms with E-state index in [4.69, 9.17) is 5.11 Å². The summed E-state index contributed by atoms with van der Waals surface area (Å²) >= 11 is 0. The van der Waals surface area contributed by atoms with E-state index in [2.05, 4.69) is 0 Å². The lowest BCUT2D eigenvalue weighted by Crippen LogP contribution is -2.17. The first-order chi connectivity index (χ1) is 5.20. The van der Waals surface area contributed by atoms with E-state index in [9.17, 15) is 9.59 Å². The first kappa shape index (κ1) is 8.24. The zero-order valence-corrected chi connectivity index (χ0v) is 6.38. The molecule has 3 nitrogen and oxygen atoms in total. The van der Waals surface area contributed by atoms with Crippen LogP contribution < -0.4 is 0 Å². The van der Waals surface area contributed by atoms with Gasteiger partial charge in [0, 0.05) is 6.42 Å². The van der Waals surface area contributed by atoms with Crippen LogP contribution in [0.4, 0.5) is 0 Å². The van der Waals surface area contributed by atoms with Crippen LogP contribution in [-0.4, -0.2) is 16.9 Å². The van der Waals surface area contributed by atoms with Gasteiger partial charge >= 0.3 is 5.97 Å². The molecule has 1 saturated carbocycles. The molecular weight excluding hydrogens is 144 g/mol. The molecule has 0 unspecified atom stereocenters. The summed E-state index contributed by atoms with van der Waals surface area (Å²) in [6.07, 6.45) is 4.58. The normalized spacial score (nSPS) is 17.5. The van der Waals surface area contributed by atoms with Crippen molar-refractivity contribution in [2.24, 2.45) is 5.92 Å². The minimum absolute atomic E-state index is 0.222. The van der Waals surface area contributed by atoms with Crippen LogP contribution in [0.15, 0.2) is 0 Å². The highest BCUT2D eigenvalue weighted by atomic mass is 16.4. The first-order valence-corrected chi connectivity index (χ1v) is 3.96. The Bertz CT molecular complexity index is 170. The molecule has 0 aromatic rings. The van der Waals surface area contributed by atoms with Crippen molar-refractivity contribution in [2.75, 3.05) is 0 Å². The number of ketones is 1. The fourth-order valence-electron chi connectivity index (χ4n) is 1.22. The molecule has 0 heterocycles. The Kier molecular flexibility index (Phi) is 2.63. The highest BCUT2D eigenvalue weighted by molar-refractivity contribution is 6.32. The summed E-state index contributed by atoms with van der Waals surface area (Å²) in [6, 6.07) is 0. The Balaban J connectivity index is 2.10. The molecule has 0 aromatic carbocycles. The Labute approximate surface area is 65.4 Å². The van der Waals surface area contributed by atoms with Gasteiger partial charge in [0.05, 0.1) is 0 Å². The van der Waals surface area contributed by atoms with Gasteiger partial charge in [-0.2, -0.15) is 0 Å². The number of carbonyl (C=O) groups is 2. The summed E-state index contributed by atoms with van der Waals surface area (Å²) in [7, 11) is 0. The fourth-order valence-corrected chi connectivity index (χ4v) is 1.22. The lowest BCUT2D eigenvalue weighted by atomic mass is 9.82. The second-order valence-corrected chi connectivity index (χ2v) is 3.06. The van der Waals surface area contributed by atoms with Crippen LogP contribution in [0.25, 0.3) is 0 Å². The maximum atomic E-state index is 10.6. The van der Waals surface area contributed by atoms with Crippen LogP contribution in [0.3, 0.4) is 0 Å². The average Bonchev–Trinajstić information content (AvgIpc) is 1.83. The standard InChI is InChI=1S/C8H12O3/c9-7(8(10)11)5-4-6-2-1-3-6/h6H,1-5H2,(H,10,11). The van der Waals surface area contributed by atoms with Gasteiger partial charge in [-0.15, -0.1) is 0 Å². The van der Waals surface area contributed by atoms with Crippen molar-refractivity contribution < 1.29 is 14.7 Å². The molecule has 3 heteroatoms. The largest absolute Gasteiger partial charge is 0.476 e. The van der Waals surface area contributed by atoms with Crippen LogP contribution in [0.2, 0.25) is 0 Å². The zero-order chi connectivity index (χ0) is 8.27. The van der Waals surface area contributed by atoms with Crippen LogP contribution in [0.5, 0.6) is 0 Å². The lowest BCUT2D eigenvalue weighted by molar-refractivity contribution is -0.149. The Hall–Kier alpha value is -0.860. The Morgan fingerprint density at radius 2 is 2.00 bits per heavy atom. The lowest BCUT2D eigenvalue weighted by Gasteiger charge is -2.24. The van der Waals surface area contributed by atoms with Crippen LogP contribution in [0, 0.1) is 5.92 Å². The van der Waals surface area contributed by atoms with E-state index in [0.29, 0.717) is 5.92 Å². The number of hydrogen-bond donors (Lipinski definition) is 1. The number of carbonyl (C=O) groups excluding carboxylic acids is 1. The molecule has 1 aliphatic carbocycles. The molecule has 0 atom stereocenters. The quantitative estimate of drug-likeness (QED) is 0.622. The van der Waals surface area contributed by atoms with Crippen LogP contribution in [-0.2, 0) is 9.59 Å². The summed E-state index contributed by atoms with van der Waals surface area (Å²) in [4.78, 5) is 20.7. The second-order valence-electron chi connectivity index (χ2n) is 3.06. The van der Waals surface area contributed by atoms with Crippen molar-refractivity contribution in [3.63, 3.8) is 0 Å². The maximum Gasteiger partial charge on any atom is 0.372 e. The highest BCUT2D eigenvalue weighted by Gasteiger charge is 2.20. The predicted octanol–water partition coefficient (Wildman–Crippen LogP) is 1.22. The molecule has 62 valence electrons. The van der Waals surface area contributed by atoms with Gasteiger partial charge in [-0.25, -0.2) is 4.79 Å². The third kappa shape index (κ3) is 2.33. The van der Waals surface area contributed by atoms with E-state index >= 15 is 0 Å². The van der Waals surface area contributed by atoms with Gasteiger partial charge < -0.3 is 5.11 Å². The summed E-state index contributed by atoms with van der Waals surface area (Å²) in [5, 5.41) is 8.24. The molecule has 0 spiro atoms. The molecule has 0 bridgehead atoms. The van der Waals surface area contributed by atoms with Gasteiger partial charge in [-0.05, 0) is 12.3 Å². The SMILES string of the molecule is O=C(O)C(=O)CCC1CCC1. The minimum atomic E-state index is -1.29. The summed E-state index contributed by atoms with van der Waals surface area (Å²) in [5.74, 6) is -1.31. The van der Waals surface area contributed by atoms with Gasteiger partial charge in [0.15, 0.2) is 0 Å². The van der Waals surface area contributed by atoms with E-state index in [1.54, 1.807) is 0 Å². The number of carboxylic acid groups (broad SMARTS) is 1. The van der Waals surface area contributed by atoms with Gasteiger partial charge in [0.25, 0.3) is 0 Å². The molecule has 1 aliphatic rings. The zero-order valence-electron chi connectivity index (χ0n) is 6.38. The maximum absolute atomic E-state index is 10.6. The fraction of sp³-hybridized carbons (Fsp3) is 0.750. The summed E-state index contributed by atoms with van der Waals surface area (Å²) in [5.41, 5.74) is 0. The van der Waals surface area contributed by atoms with Crippen molar-refractivity contribution in [3.05, 3.63) is 0 Å². The molecule has 0 aromatic heterocycles. The molecule has 1 rings (SSSR count). The van der Waals surface area contributed by atoms with Crippen molar-refractivity contribution in [1.82, 2.24) is 0 Å². The molecule has 1 fully saturated rings. The highest BCUT2D eigenvalue weighted by Crippen LogP contribution is 2.30. The third-order valence-electron chi connectivity index (χ3n) is 2.24. The van der Waals surface area contributed by atoms with E-state index < -0.39 is 11.8 Å². The Morgan fingerprint density at radius 3 is 2.36 bits per heavy atom. The summed E-state index contributed by atoms with van der Waals surface area (Å²) < 4.78 is 0. The number of hydrogen-bond acceptors (Lipinski definition) is 2. The molecule has 0 amide bonds. The van der Waals surface area contributed by atoms with Crippen molar-refractivity contribution >= 4 is 11.8 Å². The number of Topliss-reactive ketones (excluding diaryl/α,β-unsaturated/α-hetero) is 1. The predicted molar refractivity (Wildman–Crippen MR) is 39.2 cm³/mol. The van der Waals surface area contributed by atoms with E-state index in [1.165, 1.54) is 19.3 Å². The molecule has 1 N–H and O–H groups in total. The molecule has 11 heavy (non-hydrogen) atoms. The van der Waals surface area contributed by atoms with Gasteiger partial charge in [0.2, 0.25) is 5.78 Å². The van der Waals surface area contributed by atoms with Crippen molar-refractivity contribution in [3.8, 4) is 0 Å². The van der Waals surface area contributed by atoms with Gasteiger partial charge in [0.1, 0.15) is 0 Å². The van der Waals surface area contributed by atoms with E-state index in [-0.39, 0.29) is 6.42 Å². The molecule has 0 radical (unpaired) electrons. The molecular formula is C8H12O3. The van der Waals surface area contributed by atoms with Crippen molar-refractivity contribution in [1.29, 1.82) is 0 Å². The topological polar surface area (TPSA) is 54.4 Å². The monoisotopic (exact) mass is 156 g/mol. The van der Waals surface area contributed by atoms with Gasteiger partial charge in [-0.1, -0.05) is 19.3 Å². The van der Waals surface area contributed by atoms with Crippen molar-refractivity contribution in [2.45, 2.75) is 32.1 Å². The smallest absolute Gasteiger partial charge is 0.372 e. The third-order valence-corrected chi connectivity index (χ3v) is 2.24. The summed E-state index contributed by atoms with van der Waals surface area (Å²) in [6.45, 7) is 0. The van der Waals surface area contributed by atoms with Gasteiger partial charge in [-0.3, -0.25) is 4.79 Å².